The average molecular weight is 263 g/mol. The van der Waals surface area contributed by atoms with Crippen molar-refractivity contribution >= 4 is 18.3 Å². The SMILES string of the molecule is CC1CCCC(CC(=O)NC(C)(C)CN)C1.Cl. The summed E-state index contributed by atoms with van der Waals surface area (Å²) in [4.78, 5) is 11.8. The van der Waals surface area contributed by atoms with E-state index < -0.39 is 0 Å². The van der Waals surface area contributed by atoms with Crippen LogP contribution in [0.1, 0.15) is 52.9 Å². The summed E-state index contributed by atoms with van der Waals surface area (Å²) >= 11 is 0. The lowest BCUT2D eigenvalue weighted by Crippen LogP contribution is -2.49. The zero-order chi connectivity index (χ0) is 12.2. The van der Waals surface area contributed by atoms with Crippen LogP contribution in [-0.4, -0.2) is 18.0 Å². The third-order valence-corrected chi connectivity index (χ3v) is 3.51. The fourth-order valence-electron chi connectivity index (χ4n) is 2.49. The topological polar surface area (TPSA) is 55.1 Å². The highest BCUT2D eigenvalue weighted by Gasteiger charge is 2.24. The minimum absolute atomic E-state index is 0. The summed E-state index contributed by atoms with van der Waals surface area (Å²) in [6.07, 6.45) is 5.69. The Kier molecular flexibility index (Phi) is 7.10. The number of nitrogens with one attached hydrogen (secondary N) is 1. The van der Waals surface area contributed by atoms with Gasteiger partial charge in [0.15, 0.2) is 0 Å². The average Bonchev–Trinajstić information content (AvgIpc) is 2.16. The molecule has 1 aliphatic rings. The highest BCUT2D eigenvalue weighted by molar-refractivity contribution is 5.85. The van der Waals surface area contributed by atoms with Crippen LogP contribution < -0.4 is 11.1 Å². The lowest BCUT2D eigenvalue weighted by atomic mass is 9.80. The molecule has 3 nitrogen and oxygen atoms in total. The zero-order valence-electron chi connectivity index (χ0n) is 11.3. The van der Waals surface area contributed by atoms with Gasteiger partial charge >= 0.3 is 0 Å². The second kappa shape index (κ2) is 7.22. The van der Waals surface area contributed by atoms with E-state index in [1.807, 2.05) is 13.8 Å². The van der Waals surface area contributed by atoms with Crippen LogP contribution in [0, 0.1) is 11.8 Å². The molecule has 1 saturated carbocycles. The molecule has 2 unspecified atom stereocenters. The van der Waals surface area contributed by atoms with Crippen LogP contribution in [0.4, 0.5) is 0 Å². The number of hydrogen-bond donors (Lipinski definition) is 2. The van der Waals surface area contributed by atoms with Crippen molar-refractivity contribution in [2.75, 3.05) is 6.54 Å². The van der Waals surface area contributed by atoms with Gasteiger partial charge in [-0.15, -0.1) is 12.4 Å². The molecular formula is C13H27ClN2O. The number of halogens is 1. The van der Waals surface area contributed by atoms with E-state index in [0.29, 0.717) is 18.9 Å². The van der Waals surface area contributed by atoms with E-state index in [1.54, 1.807) is 0 Å². The van der Waals surface area contributed by atoms with Gasteiger partial charge in [0, 0.05) is 18.5 Å². The van der Waals surface area contributed by atoms with Gasteiger partial charge < -0.3 is 11.1 Å². The smallest absolute Gasteiger partial charge is 0.220 e. The molecule has 1 fully saturated rings. The van der Waals surface area contributed by atoms with Crippen molar-refractivity contribution in [3.8, 4) is 0 Å². The maximum absolute atomic E-state index is 11.8. The fraction of sp³-hybridized carbons (Fsp3) is 0.923. The molecule has 17 heavy (non-hydrogen) atoms. The van der Waals surface area contributed by atoms with Gasteiger partial charge in [0.25, 0.3) is 0 Å². The number of carbonyl (C=O) groups excluding carboxylic acids is 1. The van der Waals surface area contributed by atoms with Crippen LogP contribution in [0.25, 0.3) is 0 Å². The van der Waals surface area contributed by atoms with Gasteiger partial charge in [-0.1, -0.05) is 19.8 Å². The van der Waals surface area contributed by atoms with Crippen molar-refractivity contribution in [1.82, 2.24) is 5.32 Å². The first-order valence-corrected chi connectivity index (χ1v) is 6.44. The summed E-state index contributed by atoms with van der Waals surface area (Å²) in [6.45, 7) is 6.70. The first-order chi connectivity index (χ1) is 7.43. The lowest BCUT2D eigenvalue weighted by molar-refractivity contribution is -0.123. The monoisotopic (exact) mass is 262 g/mol. The molecule has 102 valence electrons. The molecule has 1 amide bonds. The van der Waals surface area contributed by atoms with Crippen molar-refractivity contribution in [2.45, 2.75) is 58.4 Å². The highest BCUT2D eigenvalue weighted by Crippen LogP contribution is 2.30. The number of rotatable bonds is 4. The molecule has 0 heterocycles. The molecule has 0 radical (unpaired) electrons. The van der Waals surface area contributed by atoms with Crippen LogP contribution in [0.5, 0.6) is 0 Å². The second-order valence-corrected chi connectivity index (χ2v) is 5.98. The molecule has 1 rings (SSSR count). The number of amides is 1. The molecule has 2 atom stereocenters. The molecule has 3 N–H and O–H groups in total. The Morgan fingerprint density at radius 2 is 2.06 bits per heavy atom. The van der Waals surface area contributed by atoms with Gasteiger partial charge in [0.05, 0.1) is 0 Å². The van der Waals surface area contributed by atoms with Crippen LogP contribution in [0.2, 0.25) is 0 Å². The van der Waals surface area contributed by atoms with E-state index in [1.165, 1.54) is 25.7 Å². The number of nitrogens with two attached hydrogens (primary N) is 1. The third kappa shape index (κ3) is 6.27. The second-order valence-electron chi connectivity index (χ2n) is 5.98. The van der Waals surface area contributed by atoms with Crippen molar-refractivity contribution in [3.05, 3.63) is 0 Å². The fourth-order valence-corrected chi connectivity index (χ4v) is 2.49. The molecule has 1 aliphatic carbocycles. The predicted octanol–water partition coefficient (Wildman–Crippen LogP) is 2.48. The Morgan fingerprint density at radius 3 is 2.59 bits per heavy atom. The molecule has 4 heteroatoms. The van der Waals surface area contributed by atoms with E-state index in [-0.39, 0.29) is 23.9 Å². The largest absolute Gasteiger partial charge is 0.350 e. The van der Waals surface area contributed by atoms with Crippen LogP contribution in [0.3, 0.4) is 0 Å². The van der Waals surface area contributed by atoms with Gasteiger partial charge in [0.1, 0.15) is 0 Å². The minimum Gasteiger partial charge on any atom is -0.350 e. The van der Waals surface area contributed by atoms with Gasteiger partial charge in [-0.3, -0.25) is 4.79 Å². The molecule has 0 aromatic carbocycles. The Balaban J connectivity index is 0.00000256. The van der Waals surface area contributed by atoms with Gasteiger partial charge in [0.2, 0.25) is 5.91 Å². The summed E-state index contributed by atoms with van der Waals surface area (Å²) < 4.78 is 0. The summed E-state index contributed by atoms with van der Waals surface area (Å²) in [7, 11) is 0. The molecule has 0 bridgehead atoms. The summed E-state index contributed by atoms with van der Waals surface area (Å²) in [5, 5.41) is 3.00. The lowest BCUT2D eigenvalue weighted by Gasteiger charge is -2.29. The molecule has 0 spiro atoms. The summed E-state index contributed by atoms with van der Waals surface area (Å²) in [6, 6.07) is 0. The standard InChI is InChI=1S/C13H26N2O.ClH/c1-10-5-4-6-11(7-10)8-12(16)15-13(2,3)9-14;/h10-11H,4-9,14H2,1-3H3,(H,15,16);1H. The molecule has 0 aromatic rings. The Bertz CT molecular complexity index is 244. The highest BCUT2D eigenvalue weighted by atomic mass is 35.5. The van der Waals surface area contributed by atoms with Gasteiger partial charge in [-0.25, -0.2) is 0 Å². The molecular weight excluding hydrogens is 236 g/mol. The van der Waals surface area contributed by atoms with E-state index >= 15 is 0 Å². The predicted molar refractivity (Wildman–Crippen MR) is 74.3 cm³/mol. The van der Waals surface area contributed by atoms with E-state index in [2.05, 4.69) is 12.2 Å². The normalized spacial score (nSPS) is 24.9. The number of hydrogen-bond acceptors (Lipinski definition) is 2. The van der Waals surface area contributed by atoms with Crippen LogP contribution in [-0.2, 0) is 4.79 Å². The summed E-state index contributed by atoms with van der Waals surface area (Å²) in [5.41, 5.74) is 5.33. The first-order valence-electron chi connectivity index (χ1n) is 6.44. The summed E-state index contributed by atoms with van der Waals surface area (Å²) in [5.74, 6) is 1.53. The van der Waals surface area contributed by atoms with Crippen molar-refractivity contribution < 1.29 is 4.79 Å². The minimum atomic E-state index is -0.267. The quantitative estimate of drug-likeness (QED) is 0.818. The van der Waals surface area contributed by atoms with Gasteiger partial charge in [-0.05, 0) is 38.5 Å². The van der Waals surface area contributed by atoms with Crippen LogP contribution >= 0.6 is 12.4 Å². The van der Waals surface area contributed by atoms with E-state index in [4.69, 9.17) is 5.73 Å². The first kappa shape index (κ1) is 16.7. The third-order valence-electron chi connectivity index (χ3n) is 3.51. The molecule has 0 aromatic heterocycles. The Hall–Kier alpha value is -0.280. The Morgan fingerprint density at radius 1 is 1.41 bits per heavy atom. The van der Waals surface area contributed by atoms with E-state index in [0.717, 1.165) is 5.92 Å². The number of carbonyl (C=O) groups is 1. The zero-order valence-corrected chi connectivity index (χ0v) is 12.1. The van der Waals surface area contributed by atoms with Gasteiger partial charge in [-0.2, -0.15) is 0 Å². The maximum atomic E-state index is 11.8. The molecule has 0 aliphatic heterocycles. The van der Waals surface area contributed by atoms with Crippen molar-refractivity contribution in [2.24, 2.45) is 17.6 Å². The Labute approximate surface area is 111 Å². The van der Waals surface area contributed by atoms with Crippen molar-refractivity contribution in [3.63, 3.8) is 0 Å². The van der Waals surface area contributed by atoms with Crippen LogP contribution in [0.15, 0.2) is 0 Å². The van der Waals surface area contributed by atoms with E-state index in [9.17, 15) is 4.79 Å². The molecule has 0 saturated heterocycles. The maximum Gasteiger partial charge on any atom is 0.220 e. The van der Waals surface area contributed by atoms with Crippen molar-refractivity contribution in [1.29, 1.82) is 0 Å².